The van der Waals surface area contributed by atoms with Crippen molar-refractivity contribution >= 4 is 0 Å². The molecule has 1 heterocycles. The van der Waals surface area contributed by atoms with E-state index in [2.05, 4.69) is 23.7 Å². The van der Waals surface area contributed by atoms with Gasteiger partial charge in [-0.15, -0.1) is 0 Å². The molecule has 1 saturated heterocycles. The molecule has 1 aromatic rings. The monoisotopic (exact) mass is 242 g/mol. The van der Waals surface area contributed by atoms with E-state index >= 15 is 0 Å². The van der Waals surface area contributed by atoms with Gasteiger partial charge in [0.05, 0.1) is 6.54 Å². The van der Waals surface area contributed by atoms with Gasteiger partial charge in [0.2, 0.25) is 0 Å². The minimum Gasteiger partial charge on any atom is -0.330 e. The topological polar surface area (TPSA) is 29.3 Å². The largest absolute Gasteiger partial charge is 0.330 e. The molecule has 0 aliphatic carbocycles. The van der Waals surface area contributed by atoms with E-state index in [0.717, 1.165) is 37.7 Å². The smallest absolute Gasteiger partial charge is 0.0605 e. The van der Waals surface area contributed by atoms with Gasteiger partial charge in [-0.1, -0.05) is 37.0 Å². The highest BCUT2D eigenvalue weighted by Crippen LogP contribution is 2.21. The first-order valence-electron chi connectivity index (χ1n) is 6.76. The number of nitrogens with two attached hydrogens (primary N) is 1. The minimum absolute atomic E-state index is 0.636. The van der Waals surface area contributed by atoms with Gasteiger partial charge >= 0.3 is 0 Å². The lowest BCUT2D eigenvalue weighted by Crippen LogP contribution is -2.42. The molecule has 0 aromatic heterocycles. The molecule has 1 fully saturated rings. The molecule has 2 heteroatoms. The Morgan fingerprint density at radius 1 is 1.33 bits per heavy atom. The minimum atomic E-state index is 0.636. The number of benzene rings is 1. The quantitative estimate of drug-likeness (QED) is 0.803. The van der Waals surface area contributed by atoms with Crippen LogP contribution in [0.25, 0.3) is 0 Å². The second-order valence-corrected chi connectivity index (χ2v) is 5.16. The van der Waals surface area contributed by atoms with Crippen molar-refractivity contribution in [2.45, 2.75) is 13.3 Å². The maximum atomic E-state index is 5.81. The number of rotatable bonds is 2. The maximum absolute atomic E-state index is 5.81. The maximum Gasteiger partial charge on any atom is 0.0605 e. The zero-order valence-corrected chi connectivity index (χ0v) is 11.1. The zero-order valence-electron chi connectivity index (χ0n) is 11.1. The summed E-state index contributed by atoms with van der Waals surface area (Å²) in [5.74, 6) is 7.87. The van der Waals surface area contributed by atoms with Crippen LogP contribution < -0.4 is 5.73 Å². The summed E-state index contributed by atoms with van der Waals surface area (Å²) in [5.41, 5.74) is 6.91. The van der Waals surface area contributed by atoms with Crippen LogP contribution in [-0.4, -0.2) is 31.1 Å². The molecule has 2 unspecified atom stereocenters. The van der Waals surface area contributed by atoms with E-state index in [-0.39, 0.29) is 0 Å². The van der Waals surface area contributed by atoms with Crippen LogP contribution >= 0.6 is 0 Å². The van der Waals surface area contributed by atoms with Crippen LogP contribution in [0.3, 0.4) is 0 Å². The van der Waals surface area contributed by atoms with Crippen LogP contribution in [0.2, 0.25) is 0 Å². The first-order valence-corrected chi connectivity index (χ1v) is 6.76. The van der Waals surface area contributed by atoms with Crippen molar-refractivity contribution in [3.8, 4) is 11.8 Å². The zero-order chi connectivity index (χ0) is 12.8. The SMILES string of the molecule is CC1CCN(CC#Cc2ccccc2)CC1CN. The van der Waals surface area contributed by atoms with Gasteiger partial charge in [-0.05, 0) is 43.5 Å². The van der Waals surface area contributed by atoms with Crippen LogP contribution in [0.5, 0.6) is 0 Å². The van der Waals surface area contributed by atoms with Crippen molar-refractivity contribution < 1.29 is 0 Å². The first-order chi connectivity index (χ1) is 8.79. The molecule has 2 nitrogen and oxygen atoms in total. The van der Waals surface area contributed by atoms with Crippen molar-refractivity contribution in [2.24, 2.45) is 17.6 Å². The van der Waals surface area contributed by atoms with Gasteiger partial charge < -0.3 is 5.73 Å². The number of hydrogen-bond acceptors (Lipinski definition) is 2. The van der Waals surface area contributed by atoms with Crippen LogP contribution in [0.1, 0.15) is 18.9 Å². The lowest BCUT2D eigenvalue weighted by Gasteiger charge is -2.35. The van der Waals surface area contributed by atoms with Gasteiger partial charge in [0.15, 0.2) is 0 Å². The van der Waals surface area contributed by atoms with E-state index in [0.29, 0.717) is 5.92 Å². The molecule has 96 valence electrons. The van der Waals surface area contributed by atoms with Gasteiger partial charge in [-0.25, -0.2) is 0 Å². The Morgan fingerprint density at radius 2 is 2.11 bits per heavy atom. The molecule has 0 bridgehead atoms. The summed E-state index contributed by atoms with van der Waals surface area (Å²) in [6.07, 6.45) is 1.24. The molecule has 18 heavy (non-hydrogen) atoms. The summed E-state index contributed by atoms with van der Waals surface area (Å²) >= 11 is 0. The molecular formula is C16H22N2. The third kappa shape index (κ3) is 3.60. The lowest BCUT2D eigenvalue weighted by atomic mass is 9.87. The number of likely N-dealkylation sites (tertiary alicyclic amines) is 1. The van der Waals surface area contributed by atoms with Crippen LogP contribution in [0, 0.1) is 23.7 Å². The Labute approximate surface area is 110 Å². The second kappa shape index (κ2) is 6.58. The molecule has 2 N–H and O–H groups in total. The standard InChI is InChI=1S/C16H22N2/c1-14-9-11-18(13-16(14)12-17)10-5-8-15-6-3-2-4-7-15/h2-4,6-7,14,16H,9-13,17H2,1H3. The molecule has 0 saturated carbocycles. The van der Waals surface area contributed by atoms with Crippen LogP contribution in [0.4, 0.5) is 0 Å². The molecule has 2 rings (SSSR count). The molecule has 0 spiro atoms. The fourth-order valence-electron chi connectivity index (χ4n) is 2.45. The van der Waals surface area contributed by atoms with E-state index in [1.54, 1.807) is 0 Å². The van der Waals surface area contributed by atoms with Crippen molar-refractivity contribution in [3.63, 3.8) is 0 Å². The van der Waals surface area contributed by atoms with Crippen molar-refractivity contribution in [3.05, 3.63) is 35.9 Å². The summed E-state index contributed by atoms with van der Waals surface area (Å²) in [4.78, 5) is 2.42. The van der Waals surface area contributed by atoms with Crippen LogP contribution in [-0.2, 0) is 0 Å². The van der Waals surface area contributed by atoms with Gasteiger partial charge in [0.25, 0.3) is 0 Å². The predicted octanol–water partition coefficient (Wildman–Crippen LogP) is 1.95. The Bertz CT molecular complexity index is 416. The Kier molecular flexibility index (Phi) is 4.81. The molecule has 1 aromatic carbocycles. The number of hydrogen-bond donors (Lipinski definition) is 1. The molecule has 0 radical (unpaired) electrons. The van der Waals surface area contributed by atoms with E-state index in [9.17, 15) is 0 Å². The lowest BCUT2D eigenvalue weighted by molar-refractivity contribution is 0.146. The highest BCUT2D eigenvalue weighted by molar-refractivity contribution is 5.33. The van der Waals surface area contributed by atoms with Gasteiger partial charge in [0.1, 0.15) is 0 Å². The number of nitrogens with zero attached hydrogens (tertiary/aromatic N) is 1. The molecule has 2 atom stereocenters. The first kappa shape index (κ1) is 13.1. The molecule has 0 amide bonds. The molecule has 1 aliphatic rings. The summed E-state index contributed by atoms with van der Waals surface area (Å²) in [7, 11) is 0. The molecule has 1 aliphatic heterocycles. The van der Waals surface area contributed by atoms with Crippen molar-refractivity contribution in [1.29, 1.82) is 0 Å². The summed E-state index contributed by atoms with van der Waals surface area (Å²) in [5, 5.41) is 0. The van der Waals surface area contributed by atoms with Gasteiger partial charge in [0, 0.05) is 12.1 Å². The van der Waals surface area contributed by atoms with Crippen molar-refractivity contribution in [1.82, 2.24) is 4.90 Å². The summed E-state index contributed by atoms with van der Waals surface area (Å²) < 4.78 is 0. The van der Waals surface area contributed by atoms with Crippen molar-refractivity contribution in [2.75, 3.05) is 26.2 Å². The summed E-state index contributed by atoms with van der Waals surface area (Å²) in [6, 6.07) is 10.2. The van der Waals surface area contributed by atoms with Gasteiger partial charge in [-0.3, -0.25) is 4.90 Å². The van der Waals surface area contributed by atoms with E-state index in [1.807, 2.05) is 30.3 Å². The highest BCUT2D eigenvalue weighted by Gasteiger charge is 2.24. The average molecular weight is 242 g/mol. The highest BCUT2D eigenvalue weighted by atomic mass is 15.1. The van der Waals surface area contributed by atoms with E-state index < -0.39 is 0 Å². The fourth-order valence-corrected chi connectivity index (χ4v) is 2.45. The predicted molar refractivity (Wildman–Crippen MR) is 76.1 cm³/mol. The third-order valence-electron chi connectivity index (χ3n) is 3.81. The second-order valence-electron chi connectivity index (χ2n) is 5.16. The van der Waals surface area contributed by atoms with E-state index in [4.69, 9.17) is 5.73 Å². The average Bonchev–Trinajstić information content (AvgIpc) is 2.42. The summed E-state index contributed by atoms with van der Waals surface area (Å²) in [6.45, 7) is 6.22. The Balaban J connectivity index is 1.86. The van der Waals surface area contributed by atoms with Gasteiger partial charge in [-0.2, -0.15) is 0 Å². The normalized spacial score (nSPS) is 24.3. The van der Waals surface area contributed by atoms with E-state index in [1.165, 1.54) is 6.42 Å². The fraction of sp³-hybridized carbons (Fsp3) is 0.500. The molecular weight excluding hydrogens is 220 g/mol. The Morgan fingerprint density at radius 3 is 2.83 bits per heavy atom. The van der Waals surface area contributed by atoms with Crippen LogP contribution in [0.15, 0.2) is 30.3 Å². The Hall–Kier alpha value is -1.30. The number of piperidine rings is 1. The third-order valence-corrected chi connectivity index (χ3v) is 3.81.